The second kappa shape index (κ2) is 7.54. The number of piperidine rings is 3. The zero-order valence-electron chi connectivity index (χ0n) is 14.0. The molecule has 0 spiro atoms. The molecule has 25 heavy (non-hydrogen) atoms. The summed E-state index contributed by atoms with van der Waals surface area (Å²) in [7, 11) is 0. The van der Waals surface area contributed by atoms with Crippen LogP contribution in [-0.4, -0.2) is 30.4 Å². The first kappa shape index (κ1) is 17.9. The van der Waals surface area contributed by atoms with Gasteiger partial charge in [-0.05, 0) is 67.2 Å². The van der Waals surface area contributed by atoms with E-state index in [0.29, 0.717) is 5.92 Å². The third-order valence-electron chi connectivity index (χ3n) is 5.32. The SMILES string of the molecule is Cl.O=C(Nc1ccc(-c2ccc(F)cc2)cc1)[C@H]1CN2CCC1CC2. The highest BCUT2D eigenvalue weighted by molar-refractivity contribution is 5.93. The van der Waals surface area contributed by atoms with Gasteiger partial charge in [0.25, 0.3) is 0 Å². The maximum Gasteiger partial charge on any atom is 0.229 e. The Morgan fingerprint density at radius 3 is 2.04 bits per heavy atom. The minimum absolute atomic E-state index is 0. The summed E-state index contributed by atoms with van der Waals surface area (Å²) in [6.45, 7) is 3.17. The summed E-state index contributed by atoms with van der Waals surface area (Å²) in [4.78, 5) is 15.0. The number of nitrogens with zero attached hydrogens (tertiary/aromatic N) is 1. The number of rotatable bonds is 3. The van der Waals surface area contributed by atoms with Crippen LogP contribution in [0.3, 0.4) is 0 Å². The Bertz CT molecular complexity index is 724. The average molecular weight is 361 g/mol. The molecule has 3 heterocycles. The van der Waals surface area contributed by atoms with E-state index in [-0.39, 0.29) is 30.0 Å². The molecule has 3 aliphatic rings. The molecule has 2 bridgehead atoms. The van der Waals surface area contributed by atoms with Gasteiger partial charge in [0.2, 0.25) is 5.91 Å². The first-order valence-corrected chi connectivity index (χ1v) is 8.58. The summed E-state index contributed by atoms with van der Waals surface area (Å²) >= 11 is 0. The molecule has 1 N–H and O–H groups in total. The van der Waals surface area contributed by atoms with Gasteiger partial charge in [0, 0.05) is 12.2 Å². The molecule has 3 fully saturated rings. The third-order valence-corrected chi connectivity index (χ3v) is 5.32. The number of amides is 1. The Labute approximate surface area is 153 Å². The zero-order chi connectivity index (χ0) is 16.5. The number of nitrogens with one attached hydrogen (secondary N) is 1. The number of halogens is 2. The molecule has 0 radical (unpaired) electrons. The Morgan fingerprint density at radius 1 is 0.960 bits per heavy atom. The Kier molecular flexibility index (Phi) is 5.40. The van der Waals surface area contributed by atoms with Gasteiger partial charge in [-0.25, -0.2) is 4.39 Å². The molecule has 132 valence electrons. The van der Waals surface area contributed by atoms with Gasteiger partial charge in [-0.1, -0.05) is 24.3 Å². The molecule has 3 saturated heterocycles. The summed E-state index contributed by atoms with van der Waals surface area (Å²) < 4.78 is 13.0. The van der Waals surface area contributed by atoms with Gasteiger partial charge < -0.3 is 10.2 Å². The van der Waals surface area contributed by atoms with E-state index in [1.165, 1.54) is 12.1 Å². The van der Waals surface area contributed by atoms with E-state index < -0.39 is 0 Å². The van der Waals surface area contributed by atoms with Crippen LogP contribution in [0.1, 0.15) is 12.8 Å². The number of carbonyl (C=O) groups is 1. The maximum absolute atomic E-state index is 13.0. The van der Waals surface area contributed by atoms with Crippen LogP contribution in [-0.2, 0) is 4.79 Å². The third kappa shape index (κ3) is 3.86. The zero-order valence-corrected chi connectivity index (χ0v) is 14.8. The van der Waals surface area contributed by atoms with Gasteiger partial charge in [-0.15, -0.1) is 12.4 Å². The molecule has 3 nitrogen and oxygen atoms in total. The molecule has 5 rings (SSSR count). The minimum Gasteiger partial charge on any atom is -0.326 e. The summed E-state index contributed by atoms with van der Waals surface area (Å²) in [5.74, 6) is 0.553. The smallest absolute Gasteiger partial charge is 0.229 e. The van der Waals surface area contributed by atoms with Crippen molar-refractivity contribution in [1.29, 1.82) is 0 Å². The highest BCUT2D eigenvalue weighted by Crippen LogP contribution is 2.33. The van der Waals surface area contributed by atoms with E-state index in [9.17, 15) is 9.18 Å². The van der Waals surface area contributed by atoms with Crippen molar-refractivity contribution < 1.29 is 9.18 Å². The predicted molar refractivity (Wildman–Crippen MR) is 100 cm³/mol. The molecule has 1 atom stereocenters. The van der Waals surface area contributed by atoms with Gasteiger partial charge in [0.1, 0.15) is 5.82 Å². The van der Waals surface area contributed by atoms with Gasteiger partial charge >= 0.3 is 0 Å². The van der Waals surface area contributed by atoms with Crippen LogP contribution < -0.4 is 5.32 Å². The fourth-order valence-corrected chi connectivity index (χ4v) is 3.89. The van der Waals surface area contributed by atoms with E-state index in [2.05, 4.69) is 10.2 Å². The van der Waals surface area contributed by atoms with Crippen molar-refractivity contribution in [3.8, 4) is 11.1 Å². The predicted octanol–water partition coefficient (Wildman–Crippen LogP) is 4.19. The largest absolute Gasteiger partial charge is 0.326 e. The fourth-order valence-electron chi connectivity index (χ4n) is 3.89. The quantitative estimate of drug-likeness (QED) is 0.889. The monoisotopic (exact) mass is 360 g/mol. The van der Waals surface area contributed by atoms with E-state index in [1.807, 2.05) is 24.3 Å². The highest BCUT2D eigenvalue weighted by Gasteiger charge is 2.38. The van der Waals surface area contributed by atoms with Gasteiger partial charge in [-0.3, -0.25) is 4.79 Å². The van der Waals surface area contributed by atoms with Gasteiger partial charge in [0.05, 0.1) is 5.92 Å². The first-order valence-electron chi connectivity index (χ1n) is 8.58. The number of fused-ring (bicyclic) bond motifs is 3. The Hall–Kier alpha value is -1.91. The summed E-state index contributed by atoms with van der Waals surface area (Å²) in [5, 5.41) is 3.06. The van der Waals surface area contributed by atoms with Crippen LogP contribution in [0.5, 0.6) is 0 Å². The first-order chi connectivity index (χ1) is 11.7. The van der Waals surface area contributed by atoms with Crippen LogP contribution in [0.4, 0.5) is 10.1 Å². The fraction of sp³-hybridized carbons (Fsp3) is 0.350. The summed E-state index contributed by atoms with van der Waals surface area (Å²) in [5.41, 5.74) is 2.80. The van der Waals surface area contributed by atoms with Crippen molar-refractivity contribution in [1.82, 2.24) is 4.90 Å². The van der Waals surface area contributed by atoms with E-state index in [0.717, 1.165) is 49.3 Å². The molecular weight excluding hydrogens is 339 g/mol. The molecule has 0 unspecified atom stereocenters. The van der Waals surface area contributed by atoms with Crippen molar-refractivity contribution >= 4 is 24.0 Å². The molecule has 2 aromatic carbocycles. The second-order valence-corrected chi connectivity index (χ2v) is 6.82. The minimum atomic E-state index is -0.236. The standard InChI is InChI=1S/C20H21FN2O.ClH/c21-17-5-1-14(2-6-17)15-3-7-18(8-4-15)22-20(24)19-13-23-11-9-16(19)10-12-23;/h1-8,16,19H,9-13H2,(H,22,24);1H/t19-;/m0./s1. The lowest BCUT2D eigenvalue weighted by Gasteiger charge is -2.43. The van der Waals surface area contributed by atoms with Crippen molar-refractivity contribution in [3.63, 3.8) is 0 Å². The molecular formula is C20H22ClFN2O. The molecule has 3 aliphatic heterocycles. The normalized spacial score (nSPS) is 24.4. The number of anilines is 1. The van der Waals surface area contributed by atoms with Crippen LogP contribution in [0, 0.1) is 17.7 Å². The summed E-state index contributed by atoms with van der Waals surface area (Å²) in [6.07, 6.45) is 2.28. The highest BCUT2D eigenvalue weighted by atomic mass is 35.5. The summed E-state index contributed by atoms with van der Waals surface area (Å²) in [6, 6.07) is 14.2. The van der Waals surface area contributed by atoms with Crippen LogP contribution >= 0.6 is 12.4 Å². The van der Waals surface area contributed by atoms with E-state index >= 15 is 0 Å². The number of benzene rings is 2. The van der Waals surface area contributed by atoms with Gasteiger partial charge in [-0.2, -0.15) is 0 Å². The van der Waals surface area contributed by atoms with E-state index in [1.54, 1.807) is 12.1 Å². The number of hydrogen-bond acceptors (Lipinski definition) is 2. The van der Waals surface area contributed by atoms with Crippen LogP contribution in [0.15, 0.2) is 48.5 Å². The number of hydrogen-bond donors (Lipinski definition) is 1. The van der Waals surface area contributed by atoms with Crippen LogP contribution in [0.25, 0.3) is 11.1 Å². The lowest BCUT2D eigenvalue weighted by atomic mass is 9.78. The topological polar surface area (TPSA) is 32.3 Å². The molecule has 2 aromatic rings. The van der Waals surface area contributed by atoms with Crippen molar-refractivity contribution in [3.05, 3.63) is 54.3 Å². The molecule has 5 heteroatoms. The maximum atomic E-state index is 13.0. The molecule has 0 aliphatic carbocycles. The lowest BCUT2D eigenvalue weighted by molar-refractivity contribution is -0.125. The lowest BCUT2D eigenvalue weighted by Crippen LogP contribution is -2.51. The Balaban J connectivity index is 0.00000182. The van der Waals surface area contributed by atoms with Crippen molar-refractivity contribution in [2.45, 2.75) is 12.8 Å². The molecule has 1 amide bonds. The Morgan fingerprint density at radius 2 is 1.52 bits per heavy atom. The molecule has 0 aromatic heterocycles. The molecule has 0 saturated carbocycles. The van der Waals surface area contributed by atoms with Crippen LogP contribution in [0.2, 0.25) is 0 Å². The van der Waals surface area contributed by atoms with Crippen molar-refractivity contribution in [2.75, 3.05) is 25.0 Å². The van der Waals surface area contributed by atoms with E-state index in [4.69, 9.17) is 0 Å². The van der Waals surface area contributed by atoms with Crippen molar-refractivity contribution in [2.24, 2.45) is 11.8 Å². The van der Waals surface area contributed by atoms with Gasteiger partial charge in [0.15, 0.2) is 0 Å². The second-order valence-electron chi connectivity index (χ2n) is 6.82. The average Bonchev–Trinajstić information content (AvgIpc) is 2.64. The number of carbonyl (C=O) groups excluding carboxylic acids is 1.